The Kier molecular flexibility index (Phi) is 5.12. The highest BCUT2D eigenvalue weighted by atomic mass is 16.5. The fourth-order valence-corrected chi connectivity index (χ4v) is 3.64. The molecule has 3 heteroatoms. The third kappa shape index (κ3) is 4.04. The van der Waals surface area contributed by atoms with Gasteiger partial charge < -0.3 is 10.1 Å². The quantitative estimate of drug-likeness (QED) is 0.793. The van der Waals surface area contributed by atoms with Crippen LogP contribution < -0.4 is 10.1 Å². The summed E-state index contributed by atoms with van der Waals surface area (Å²) in [6.07, 6.45) is 4.26. The number of carbonyl (C=O) groups excluding carboxylic acids is 1. The average molecular weight is 337 g/mol. The van der Waals surface area contributed by atoms with Gasteiger partial charge in [0.05, 0.1) is 0 Å². The zero-order valence-electron chi connectivity index (χ0n) is 15.4. The number of nitrogens with one attached hydrogen (secondary N) is 1. The summed E-state index contributed by atoms with van der Waals surface area (Å²) in [5.41, 5.74) is 3.88. The maximum atomic E-state index is 12.6. The van der Waals surface area contributed by atoms with Crippen LogP contribution in [0.4, 0.5) is 5.69 Å². The number of rotatable bonds is 5. The highest BCUT2D eigenvalue weighted by molar-refractivity contribution is 5.95. The van der Waals surface area contributed by atoms with Gasteiger partial charge in [0.15, 0.2) is 0 Å². The van der Waals surface area contributed by atoms with Gasteiger partial charge in [-0.05, 0) is 55.5 Å². The maximum Gasteiger partial charge on any atom is 0.230 e. The van der Waals surface area contributed by atoms with Crippen molar-refractivity contribution in [3.63, 3.8) is 0 Å². The molecule has 1 N–H and O–H groups in total. The van der Waals surface area contributed by atoms with Crippen molar-refractivity contribution in [1.29, 1.82) is 0 Å². The van der Waals surface area contributed by atoms with Crippen molar-refractivity contribution in [3.8, 4) is 5.75 Å². The molecule has 1 aliphatic rings. The van der Waals surface area contributed by atoms with E-state index in [0.29, 0.717) is 6.61 Å². The first-order valence-corrected chi connectivity index (χ1v) is 9.07. The van der Waals surface area contributed by atoms with Crippen molar-refractivity contribution >= 4 is 11.6 Å². The number of anilines is 1. The Morgan fingerprint density at radius 2 is 1.68 bits per heavy atom. The number of amides is 1. The summed E-state index contributed by atoms with van der Waals surface area (Å²) >= 11 is 0. The average Bonchev–Trinajstić information content (AvgIpc) is 3.03. The van der Waals surface area contributed by atoms with E-state index >= 15 is 0 Å². The normalized spacial score (nSPS) is 15.8. The van der Waals surface area contributed by atoms with Gasteiger partial charge in [0.1, 0.15) is 12.4 Å². The van der Waals surface area contributed by atoms with E-state index in [1.165, 1.54) is 0 Å². The van der Waals surface area contributed by atoms with Gasteiger partial charge >= 0.3 is 0 Å². The molecule has 1 saturated carbocycles. The van der Waals surface area contributed by atoms with Crippen LogP contribution in [-0.4, -0.2) is 5.91 Å². The largest absolute Gasteiger partial charge is 0.488 e. The Balaban J connectivity index is 1.70. The fourth-order valence-electron chi connectivity index (χ4n) is 3.64. The third-order valence-electron chi connectivity index (χ3n) is 5.20. The van der Waals surface area contributed by atoms with Gasteiger partial charge in [0.2, 0.25) is 5.91 Å². The number of aryl methyl sites for hydroxylation is 2. The first kappa shape index (κ1) is 17.5. The van der Waals surface area contributed by atoms with Crippen LogP contribution in [-0.2, 0) is 11.4 Å². The predicted octanol–water partition coefficient (Wildman–Crippen LogP) is 5.40. The van der Waals surface area contributed by atoms with Crippen molar-refractivity contribution < 1.29 is 9.53 Å². The number of hydrogen-bond donors (Lipinski definition) is 1. The molecule has 25 heavy (non-hydrogen) atoms. The standard InChI is InChI=1S/C22H27NO2/c1-16-13-19(23-21(24)22(3)11-7-8-12-22)14-17(2)20(16)25-15-18-9-5-4-6-10-18/h4-6,9-10,13-14H,7-8,11-12,15H2,1-3H3,(H,23,24). The minimum atomic E-state index is -0.218. The highest BCUT2D eigenvalue weighted by Crippen LogP contribution is 2.39. The monoisotopic (exact) mass is 337 g/mol. The molecule has 0 spiro atoms. The lowest BCUT2D eigenvalue weighted by Crippen LogP contribution is -2.30. The van der Waals surface area contributed by atoms with Crippen LogP contribution in [0.25, 0.3) is 0 Å². The number of carbonyl (C=O) groups is 1. The van der Waals surface area contributed by atoms with E-state index in [2.05, 4.69) is 24.4 Å². The van der Waals surface area contributed by atoms with Crippen LogP contribution in [0.2, 0.25) is 0 Å². The molecule has 3 nitrogen and oxygen atoms in total. The Morgan fingerprint density at radius 1 is 1.08 bits per heavy atom. The first-order valence-electron chi connectivity index (χ1n) is 9.07. The van der Waals surface area contributed by atoms with E-state index in [4.69, 9.17) is 4.74 Å². The molecule has 0 bridgehead atoms. The van der Waals surface area contributed by atoms with E-state index in [0.717, 1.165) is 53.8 Å². The molecule has 0 aliphatic heterocycles. The summed E-state index contributed by atoms with van der Waals surface area (Å²) in [5.74, 6) is 1.04. The minimum absolute atomic E-state index is 0.141. The molecule has 0 unspecified atom stereocenters. The smallest absolute Gasteiger partial charge is 0.230 e. The SMILES string of the molecule is Cc1cc(NC(=O)C2(C)CCCC2)cc(C)c1OCc1ccccc1. The second-order valence-electron chi connectivity index (χ2n) is 7.44. The summed E-state index contributed by atoms with van der Waals surface area (Å²) in [5, 5.41) is 3.11. The molecule has 0 saturated heterocycles. The molecule has 1 amide bonds. The third-order valence-corrected chi connectivity index (χ3v) is 5.20. The van der Waals surface area contributed by atoms with E-state index in [9.17, 15) is 4.79 Å². The summed E-state index contributed by atoms with van der Waals surface area (Å²) in [6.45, 7) is 6.68. The zero-order chi connectivity index (χ0) is 17.9. The fraction of sp³-hybridized carbons (Fsp3) is 0.409. The van der Waals surface area contributed by atoms with Gasteiger partial charge in [0, 0.05) is 11.1 Å². The molecule has 0 radical (unpaired) electrons. The van der Waals surface area contributed by atoms with Crippen LogP contribution >= 0.6 is 0 Å². The van der Waals surface area contributed by atoms with Crippen LogP contribution in [0.5, 0.6) is 5.75 Å². The Hall–Kier alpha value is -2.29. The van der Waals surface area contributed by atoms with Crippen LogP contribution in [0, 0.1) is 19.3 Å². The van der Waals surface area contributed by atoms with E-state index in [1.807, 2.05) is 44.2 Å². The lowest BCUT2D eigenvalue weighted by atomic mass is 9.87. The van der Waals surface area contributed by atoms with Crippen molar-refractivity contribution in [2.45, 2.75) is 53.1 Å². The highest BCUT2D eigenvalue weighted by Gasteiger charge is 2.36. The molecule has 0 atom stereocenters. The van der Waals surface area contributed by atoms with E-state index in [1.54, 1.807) is 0 Å². The second kappa shape index (κ2) is 7.30. The molecular weight excluding hydrogens is 310 g/mol. The summed E-state index contributed by atoms with van der Waals surface area (Å²) in [4.78, 5) is 12.6. The molecule has 1 fully saturated rings. The zero-order valence-corrected chi connectivity index (χ0v) is 15.4. The first-order chi connectivity index (χ1) is 12.0. The molecule has 1 aliphatic carbocycles. The van der Waals surface area contributed by atoms with Crippen molar-refractivity contribution in [3.05, 3.63) is 59.2 Å². The molecular formula is C22H27NO2. The van der Waals surface area contributed by atoms with E-state index < -0.39 is 0 Å². The number of hydrogen-bond acceptors (Lipinski definition) is 2. The summed E-state index contributed by atoms with van der Waals surface area (Å²) in [6, 6.07) is 14.2. The predicted molar refractivity (Wildman–Crippen MR) is 102 cm³/mol. The Morgan fingerprint density at radius 3 is 2.28 bits per heavy atom. The Bertz CT molecular complexity index is 723. The van der Waals surface area contributed by atoms with Crippen molar-refractivity contribution in [2.75, 3.05) is 5.32 Å². The molecule has 0 heterocycles. The lowest BCUT2D eigenvalue weighted by Gasteiger charge is -2.23. The van der Waals surface area contributed by atoms with Crippen LogP contribution in [0.3, 0.4) is 0 Å². The molecule has 2 aromatic carbocycles. The maximum absolute atomic E-state index is 12.6. The van der Waals surface area contributed by atoms with Gasteiger partial charge in [-0.25, -0.2) is 0 Å². The van der Waals surface area contributed by atoms with Gasteiger partial charge in [-0.1, -0.05) is 50.1 Å². The van der Waals surface area contributed by atoms with Gasteiger partial charge in [-0.15, -0.1) is 0 Å². The number of benzene rings is 2. The van der Waals surface area contributed by atoms with Gasteiger partial charge in [-0.2, -0.15) is 0 Å². The minimum Gasteiger partial charge on any atom is -0.488 e. The van der Waals surface area contributed by atoms with Gasteiger partial charge in [0.25, 0.3) is 0 Å². The lowest BCUT2D eigenvalue weighted by molar-refractivity contribution is -0.124. The molecule has 3 rings (SSSR count). The topological polar surface area (TPSA) is 38.3 Å². The van der Waals surface area contributed by atoms with Crippen LogP contribution in [0.15, 0.2) is 42.5 Å². The number of ether oxygens (including phenoxy) is 1. The van der Waals surface area contributed by atoms with E-state index in [-0.39, 0.29) is 11.3 Å². The summed E-state index contributed by atoms with van der Waals surface area (Å²) < 4.78 is 6.02. The van der Waals surface area contributed by atoms with Crippen LogP contribution in [0.1, 0.15) is 49.3 Å². The molecule has 2 aromatic rings. The second-order valence-corrected chi connectivity index (χ2v) is 7.44. The van der Waals surface area contributed by atoms with Crippen molar-refractivity contribution in [1.82, 2.24) is 0 Å². The molecule has 0 aromatic heterocycles. The Labute approximate surface area is 150 Å². The summed E-state index contributed by atoms with van der Waals surface area (Å²) in [7, 11) is 0. The molecule has 132 valence electrons. The van der Waals surface area contributed by atoms with Gasteiger partial charge in [-0.3, -0.25) is 4.79 Å². The van der Waals surface area contributed by atoms with Crippen molar-refractivity contribution in [2.24, 2.45) is 5.41 Å².